The van der Waals surface area contributed by atoms with Crippen molar-refractivity contribution in [2.75, 3.05) is 4.72 Å². The first-order valence-corrected chi connectivity index (χ1v) is 8.10. The van der Waals surface area contributed by atoms with Gasteiger partial charge in [-0.05, 0) is 19.1 Å². The van der Waals surface area contributed by atoms with Crippen molar-refractivity contribution in [3.05, 3.63) is 34.8 Å². The number of hydrogen-bond acceptors (Lipinski definition) is 6. The summed E-state index contributed by atoms with van der Waals surface area (Å²) in [5, 5.41) is 8.74. The maximum atomic E-state index is 11.8. The second-order valence-electron chi connectivity index (χ2n) is 3.90. The molecule has 0 amide bonds. The number of nitrogens with zero attached hydrogens (tertiary/aromatic N) is 2. The van der Waals surface area contributed by atoms with Crippen LogP contribution in [0.2, 0.25) is 0 Å². The molecule has 2 N–H and O–H groups in total. The minimum Gasteiger partial charge on any atom is -0.475 e. The van der Waals surface area contributed by atoms with Gasteiger partial charge in [0.2, 0.25) is 0 Å². The predicted molar refractivity (Wildman–Crippen MR) is 75.6 cm³/mol. The van der Waals surface area contributed by atoms with Crippen LogP contribution < -0.4 is 4.72 Å². The number of sulfonamides is 1. The number of aryl methyl sites for hydroxylation is 1. The number of hydrogen-bond donors (Lipinski definition) is 2. The first-order chi connectivity index (χ1) is 10.5. The standard InChI is InChI=1S/C9H9N3O2S2.C2HF3O2/c1-7-3-2-4-9(11-7)16(13,14)12-8-5-15-6-10-8;3-2(4,5)1(6)7/h2-6,12H,1H3;(H,6,7). The first kappa shape index (κ1) is 18.8. The van der Waals surface area contributed by atoms with Gasteiger partial charge in [-0.25, -0.2) is 14.8 Å². The van der Waals surface area contributed by atoms with Gasteiger partial charge in [0.1, 0.15) is 0 Å². The second-order valence-corrected chi connectivity index (χ2v) is 6.25. The molecule has 126 valence electrons. The Hall–Kier alpha value is -2.21. The molecule has 0 atom stereocenters. The SMILES string of the molecule is Cc1cccc(S(=O)(=O)Nc2cscn2)n1.O=C(O)C(F)(F)F. The molecule has 0 unspecified atom stereocenters. The first-order valence-electron chi connectivity index (χ1n) is 5.67. The van der Waals surface area contributed by atoms with Crippen molar-refractivity contribution < 1.29 is 31.5 Å². The molecule has 0 fully saturated rings. The van der Waals surface area contributed by atoms with Crippen LogP contribution >= 0.6 is 11.3 Å². The number of carboxylic acids is 1. The molecule has 0 radical (unpaired) electrons. The zero-order valence-electron chi connectivity index (χ0n) is 11.4. The lowest BCUT2D eigenvalue weighted by Crippen LogP contribution is -2.21. The van der Waals surface area contributed by atoms with E-state index in [1.165, 1.54) is 17.4 Å². The van der Waals surface area contributed by atoms with E-state index in [1.807, 2.05) is 0 Å². The highest BCUT2D eigenvalue weighted by Gasteiger charge is 2.38. The van der Waals surface area contributed by atoms with Gasteiger partial charge in [0.05, 0.1) is 5.51 Å². The fraction of sp³-hybridized carbons (Fsp3) is 0.182. The monoisotopic (exact) mass is 369 g/mol. The van der Waals surface area contributed by atoms with Gasteiger partial charge in [0.25, 0.3) is 10.0 Å². The molecule has 0 bridgehead atoms. The van der Waals surface area contributed by atoms with E-state index in [9.17, 15) is 21.6 Å². The second kappa shape index (κ2) is 7.37. The third-order valence-electron chi connectivity index (χ3n) is 2.05. The molecule has 0 aliphatic rings. The van der Waals surface area contributed by atoms with Crippen LogP contribution in [0.5, 0.6) is 0 Å². The Morgan fingerprint density at radius 2 is 1.96 bits per heavy atom. The maximum Gasteiger partial charge on any atom is 0.490 e. The Morgan fingerprint density at radius 3 is 2.39 bits per heavy atom. The van der Waals surface area contributed by atoms with Crippen molar-refractivity contribution in [2.45, 2.75) is 18.1 Å². The number of pyridine rings is 1. The number of aromatic nitrogens is 2. The van der Waals surface area contributed by atoms with Crippen LogP contribution in [0.4, 0.5) is 19.0 Å². The highest BCUT2D eigenvalue weighted by Crippen LogP contribution is 2.14. The molecule has 2 aromatic heterocycles. The fourth-order valence-corrected chi connectivity index (χ4v) is 2.69. The molecule has 0 saturated heterocycles. The number of nitrogens with one attached hydrogen (secondary N) is 1. The van der Waals surface area contributed by atoms with E-state index >= 15 is 0 Å². The molecule has 7 nitrogen and oxygen atoms in total. The average Bonchev–Trinajstić information content (AvgIpc) is 2.90. The van der Waals surface area contributed by atoms with Crippen molar-refractivity contribution >= 4 is 33.1 Å². The van der Waals surface area contributed by atoms with Crippen LogP contribution in [0.1, 0.15) is 5.69 Å². The Balaban J connectivity index is 0.000000322. The van der Waals surface area contributed by atoms with Gasteiger partial charge in [0.15, 0.2) is 10.8 Å². The summed E-state index contributed by atoms with van der Waals surface area (Å²) >= 11 is 1.32. The van der Waals surface area contributed by atoms with E-state index in [4.69, 9.17) is 9.90 Å². The summed E-state index contributed by atoms with van der Waals surface area (Å²) in [6, 6.07) is 4.83. The molecule has 0 spiro atoms. The van der Waals surface area contributed by atoms with Crippen molar-refractivity contribution in [3.8, 4) is 0 Å². The van der Waals surface area contributed by atoms with Crippen LogP contribution in [0, 0.1) is 6.92 Å². The fourth-order valence-electron chi connectivity index (χ4n) is 1.12. The molecule has 0 saturated carbocycles. The van der Waals surface area contributed by atoms with Crippen molar-refractivity contribution in [3.63, 3.8) is 0 Å². The molecule has 23 heavy (non-hydrogen) atoms. The van der Waals surface area contributed by atoms with E-state index in [2.05, 4.69) is 14.7 Å². The van der Waals surface area contributed by atoms with Gasteiger partial charge < -0.3 is 5.11 Å². The molecule has 2 heterocycles. The van der Waals surface area contributed by atoms with Crippen LogP contribution in [0.25, 0.3) is 0 Å². The van der Waals surface area contributed by atoms with Crippen LogP contribution in [-0.4, -0.2) is 35.6 Å². The summed E-state index contributed by atoms with van der Waals surface area (Å²) in [5.41, 5.74) is 2.21. The van der Waals surface area contributed by atoms with E-state index in [0.717, 1.165) is 0 Å². The lowest BCUT2D eigenvalue weighted by Gasteiger charge is -2.04. The summed E-state index contributed by atoms with van der Waals surface area (Å²) in [6.45, 7) is 1.74. The Labute approximate surface area is 132 Å². The summed E-state index contributed by atoms with van der Waals surface area (Å²) in [4.78, 5) is 16.7. The highest BCUT2D eigenvalue weighted by atomic mass is 32.2. The number of carbonyl (C=O) groups is 1. The largest absolute Gasteiger partial charge is 0.490 e. The molecule has 0 aliphatic heterocycles. The van der Waals surface area contributed by atoms with Crippen LogP contribution in [-0.2, 0) is 14.8 Å². The third-order valence-corrected chi connectivity index (χ3v) is 3.89. The molecule has 0 aromatic carbocycles. The minimum absolute atomic E-state index is 0.000463. The number of anilines is 1. The van der Waals surface area contributed by atoms with Gasteiger partial charge in [-0.15, -0.1) is 11.3 Å². The van der Waals surface area contributed by atoms with Gasteiger partial charge in [-0.3, -0.25) is 4.72 Å². The molecule has 12 heteroatoms. The third kappa shape index (κ3) is 6.20. The molecule has 2 aromatic rings. The highest BCUT2D eigenvalue weighted by molar-refractivity contribution is 7.92. The number of halogens is 3. The Morgan fingerprint density at radius 1 is 1.35 bits per heavy atom. The number of aliphatic carboxylic acids is 1. The van der Waals surface area contributed by atoms with E-state index < -0.39 is 22.2 Å². The Kier molecular flexibility index (Phi) is 6.04. The van der Waals surface area contributed by atoms with Gasteiger partial charge >= 0.3 is 12.1 Å². The Bertz CT molecular complexity index is 761. The van der Waals surface area contributed by atoms with Crippen LogP contribution in [0.15, 0.2) is 34.1 Å². The molecular weight excluding hydrogens is 359 g/mol. The van der Waals surface area contributed by atoms with Crippen molar-refractivity contribution in [2.24, 2.45) is 0 Å². The number of rotatable bonds is 3. The number of carboxylic acid groups (broad SMARTS) is 1. The number of alkyl halides is 3. The normalized spacial score (nSPS) is 11.3. The average molecular weight is 369 g/mol. The van der Waals surface area contributed by atoms with E-state index in [1.54, 1.807) is 29.9 Å². The minimum atomic E-state index is -5.08. The van der Waals surface area contributed by atoms with Crippen LogP contribution in [0.3, 0.4) is 0 Å². The van der Waals surface area contributed by atoms with E-state index in [-0.39, 0.29) is 5.03 Å². The van der Waals surface area contributed by atoms with E-state index in [0.29, 0.717) is 11.5 Å². The van der Waals surface area contributed by atoms with Gasteiger partial charge in [-0.2, -0.15) is 21.6 Å². The summed E-state index contributed by atoms with van der Waals surface area (Å²) in [6.07, 6.45) is -5.08. The lowest BCUT2D eigenvalue weighted by molar-refractivity contribution is -0.192. The number of thiazole rings is 1. The summed E-state index contributed by atoms with van der Waals surface area (Å²) in [7, 11) is -3.62. The molecule has 2 rings (SSSR count). The zero-order chi connectivity index (χ0) is 17.7. The summed E-state index contributed by atoms with van der Waals surface area (Å²) in [5.74, 6) is -2.44. The van der Waals surface area contributed by atoms with Gasteiger partial charge in [0, 0.05) is 11.1 Å². The van der Waals surface area contributed by atoms with Gasteiger partial charge in [-0.1, -0.05) is 6.07 Å². The zero-order valence-corrected chi connectivity index (χ0v) is 13.0. The van der Waals surface area contributed by atoms with Crippen molar-refractivity contribution in [1.82, 2.24) is 9.97 Å². The smallest absolute Gasteiger partial charge is 0.475 e. The quantitative estimate of drug-likeness (QED) is 0.859. The predicted octanol–water partition coefficient (Wildman–Crippen LogP) is 2.28. The molecule has 0 aliphatic carbocycles. The molecular formula is C11H10F3N3O4S2. The van der Waals surface area contributed by atoms with Crippen molar-refractivity contribution in [1.29, 1.82) is 0 Å². The summed E-state index contributed by atoms with van der Waals surface area (Å²) < 4.78 is 57.8. The maximum absolute atomic E-state index is 11.8. The lowest BCUT2D eigenvalue weighted by atomic mass is 10.4. The topological polar surface area (TPSA) is 109 Å².